The normalized spacial score (nSPS) is 11.6. The van der Waals surface area contributed by atoms with Crippen LogP contribution >= 0.6 is 11.3 Å². The van der Waals surface area contributed by atoms with Crippen LogP contribution in [0.3, 0.4) is 0 Å². The Morgan fingerprint density at radius 2 is 2.16 bits per heavy atom. The van der Waals surface area contributed by atoms with Crippen molar-refractivity contribution in [3.63, 3.8) is 0 Å². The van der Waals surface area contributed by atoms with Crippen molar-refractivity contribution >= 4 is 22.2 Å². The topological polar surface area (TPSA) is 64.2 Å². The molecule has 1 amide bonds. The third kappa shape index (κ3) is 4.10. The molecular formula is C18H25N5OS. The minimum Gasteiger partial charge on any atom is -0.350 e. The van der Waals surface area contributed by atoms with Crippen LogP contribution in [0, 0.1) is 19.8 Å². The number of imidazole rings is 1. The number of fused-ring (bicyclic) bond motifs is 1. The number of nitrogens with one attached hydrogen (secondary N) is 1. The van der Waals surface area contributed by atoms with Gasteiger partial charge >= 0.3 is 0 Å². The molecule has 134 valence electrons. The van der Waals surface area contributed by atoms with Gasteiger partial charge in [0.05, 0.1) is 17.9 Å². The molecule has 0 saturated carbocycles. The molecule has 3 rings (SSSR count). The first kappa shape index (κ1) is 17.7. The molecule has 3 heterocycles. The molecule has 0 aliphatic heterocycles. The Balaban J connectivity index is 1.53. The summed E-state index contributed by atoms with van der Waals surface area (Å²) in [7, 11) is 0. The fourth-order valence-corrected chi connectivity index (χ4v) is 3.72. The summed E-state index contributed by atoms with van der Waals surface area (Å²) in [6.07, 6.45) is 5.12. The van der Waals surface area contributed by atoms with E-state index < -0.39 is 0 Å². The average molecular weight is 359 g/mol. The van der Waals surface area contributed by atoms with Gasteiger partial charge in [-0.2, -0.15) is 5.10 Å². The molecule has 0 aliphatic carbocycles. The standard InChI is InChI=1S/C18H25N5OS/c1-12(2)10-23-14(4)16(13(3)21-23)5-6-17(24)19-9-15-11-22-7-8-25-18(22)20-15/h7-8,11-12H,5-6,9-10H2,1-4H3,(H,19,24). The van der Waals surface area contributed by atoms with Crippen molar-refractivity contribution in [2.75, 3.05) is 0 Å². The van der Waals surface area contributed by atoms with Crippen molar-refractivity contribution in [3.8, 4) is 0 Å². The fraction of sp³-hybridized carbons (Fsp3) is 0.500. The molecule has 0 aliphatic rings. The number of hydrogen-bond donors (Lipinski definition) is 1. The van der Waals surface area contributed by atoms with Crippen molar-refractivity contribution in [3.05, 3.63) is 40.4 Å². The minimum atomic E-state index is 0.0479. The van der Waals surface area contributed by atoms with E-state index in [1.54, 1.807) is 11.3 Å². The summed E-state index contributed by atoms with van der Waals surface area (Å²) in [5.41, 5.74) is 4.28. The largest absolute Gasteiger partial charge is 0.350 e. The lowest BCUT2D eigenvalue weighted by Crippen LogP contribution is -2.23. The quantitative estimate of drug-likeness (QED) is 0.705. The first-order valence-corrected chi connectivity index (χ1v) is 9.52. The first-order valence-electron chi connectivity index (χ1n) is 8.64. The van der Waals surface area contributed by atoms with Gasteiger partial charge < -0.3 is 5.32 Å². The highest BCUT2D eigenvalue weighted by atomic mass is 32.1. The maximum atomic E-state index is 12.2. The number of hydrogen-bond acceptors (Lipinski definition) is 4. The smallest absolute Gasteiger partial charge is 0.220 e. The Kier molecular flexibility index (Phi) is 5.22. The molecule has 25 heavy (non-hydrogen) atoms. The molecule has 0 saturated heterocycles. The van der Waals surface area contributed by atoms with Crippen LogP contribution < -0.4 is 5.32 Å². The second-order valence-electron chi connectivity index (χ2n) is 6.83. The molecule has 7 heteroatoms. The number of rotatable bonds is 7. The summed E-state index contributed by atoms with van der Waals surface area (Å²) in [6, 6.07) is 0. The van der Waals surface area contributed by atoms with E-state index in [-0.39, 0.29) is 5.91 Å². The van der Waals surface area contributed by atoms with Gasteiger partial charge in [0.2, 0.25) is 5.91 Å². The van der Waals surface area contributed by atoms with Crippen molar-refractivity contribution in [2.24, 2.45) is 5.92 Å². The van der Waals surface area contributed by atoms with E-state index in [1.807, 2.05) is 29.1 Å². The third-order valence-electron chi connectivity index (χ3n) is 4.28. The van der Waals surface area contributed by atoms with E-state index in [1.165, 1.54) is 11.3 Å². The number of carbonyl (C=O) groups is 1. The van der Waals surface area contributed by atoms with E-state index in [4.69, 9.17) is 0 Å². The van der Waals surface area contributed by atoms with E-state index >= 15 is 0 Å². The van der Waals surface area contributed by atoms with Gasteiger partial charge in [-0.3, -0.25) is 13.9 Å². The number of amides is 1. The first-order chi connectivity index (χ1) is 11.9. The van der Waals surface area contributed by atoms with Crippen molar-refractivity contribution < 1.29 is 4.79 Å². The molecule has 0 spiro atoms. The fourth-order valence-electron chi connectivity index (χ4n) is 3.00. The maximum absolute atomic E-state index is 12.2. The van der Waals surface area contributed by atoms with Gasteiger partial charge in [-0.25, -0.2) is 4.98 Å². The summed E-state index contributed by atoms with van der Waals surface area (Å²) in [4.78, 5) is 17.6. The van der Waals surface area contributed by atoms with Gasteiger partial charge in [0.15, 0.2) is 4.96 Å². The molecule has 0 aromatic carbocycles. The van der Waals surface area contributed by atoms with E-state index in [0.29, 0.717) is 18.9 Å². The molecule has 3 aromatic rings. The number of aromatic nitrogens is 4. The Morgan fingerprint density at radius 1 is 1.36 bits per heavy atom. The van der Waals surface area contributed by atoms with Crippen LogP contribution in [0.5, 0.6) is 0 Å². The molecule has 1 N–H and O–H groups in total. The lowest BCUT2D eigenvalue weighted by atomic mass is 10.1. The SMILES string of the molecule is Cc1nn(CC(C)C)c(C)c1CCC(=O)NCc1cn2ccsc2n1. The van der Waals surface area contributed by atoms with Crippen LogP contribution in [0.15, 0.2) is 17.8 Å². The average Bonchev–Trinajstić information content (AvgIpc) is 3.18. The summed E-state index contributed by atoms with van der Waals surface area (Å²) in [6.45, 7) is 9.86. The highest BCUT2D eigenvalue weighted by Crippen LogP contribution is 2.16. The molecule has 3 aromatic heterocycles. The number of nitrogens with zero attached hydrogens (tertiary/aromatic N) is 4. The predicted octanol–water partition coefficient (Wildman–Crippen LogP) is 3.11. The van der Waals surface area contributed by atoms with Crippen LogP contribution in [0.25, 0.3) is 4.96 Å². The minimum absolute atomic E-state index is 0.0479. The van der Waals surface area contributed by atoms with Crippen LogP contribution in [0.1, 0.15) is 42.9 Å². The summed E-state index contributed by atoms with van der Waals surface area (Å²) < 4.78 is 4.03. The highest BCUT2D eigenvalue weighted by molar-refractivity contribution is 7.15. The Labute approximate surface area is 151 Å². The number of carbonyl (C=O) groups excluding carboxylic acids is 1. The maximum Gasteiger partial charge on any atom is 0.220 e. The second-order valence-corrected chi connectivity index (χ2v) is 7.70. The Morgan fingerprint density at radius 3 is 2.88 bits per heavy atom. The molecule has 0 atom stereocenters. The predicted molar refractivity (Wildman–Crippen MR) is 99.8 cm³/mol. The van der Waals surface area contributed by atoms with Crippen LogP contribution in [0.4, 0.5) is 0 Å². The Bertz CT molecular complexity index is 845. The van der Waals surface area contributed by atoms with Gasteiger partial charge in [-0.05, 0) is 31.7 Å². The summed E-state index contributed by atoms with van der Waals surface area (Å²) >= 11 is 1.59. The van der Waals surface area contributed by atoms with Gasteiger partial charge in [0.25, 0.3) is 0 Å². The van der Waals surface area contributed by atoms with Gasteiger partial charge in [-0.15, -0.1) is 11.3 Å². The molecular weight excluding hydrogens is 334 g/mol. The zero-order valence-corrected chi connectivity index (χ0v) is 16.1. The molecule has 0 fully saturated rings. The van der Waals surface area contributed by atoms with Gasteiger partial charge in [0.1, 0.15) is 0 Å². The van der Waals surface area contributed by atoms with E-state index in [2.05, 4.69) is 40.9 Å². The van der Waals surface area contributed by atoms with Crippen molar-refractivity contribution in [1.29, 1.82) is 0 Å². The van der Waals surface area contributed by atoms with Crippen LogP contribution in [-0.2, 0) is 24.3 Å². The van der Waals surface area contributed by atoms with Crippen LogP contribution in [-0.4, -0.2) is 25.1 Å². The van der Waals surface area contributed by atoms with E-state index in [9.17, 15) is 4.79 Å². The highest BCUT2D eigenvalue weighted by Gasteiger charge is 2.14. The third-order valence-corrected chi connectivity index (χ3v) is 5.05. The van der Waals surface area contributed by atoms with Crippen LogP contribution in [0.2, 0.25) is 0 Å². The van der Waals surface area contributed by atoms with Crippen molar-refractivity contribution in [2.45, 2.75) is 53.6 Å². The summed E-state index contributed by atoms with van der Waals surface area (Å²) in [5.74, 6) is 0.602. The number of thiazole rings is 1. The molecule has 6 nitrogen and oxygen atoms in total. The molecule has 0 unspecified atom stereocenters. The zero-order valence-electron chi connectivity index (χ0n) is 15.2. The number of aryl methyl sites for hydroxylation is 1. The zero-order chi connectivity index (χ0) is 18.0. The second kappa shape index (κ2) is 7.39. The summed E-state index contributed by atoms with van der Waals surface area (Å²) in [5, 5.41) is 9.57. The Hall–Kier alpha value is -2.15. The molecule has 0 bridgehead atoms. The monoisotopic (exact) mass is 359 g/mol. The van der Waals surface area contributed by atoms with E-state index in [0.717, 1.165) is 29.3 Å². The molecule has 0 radical (unpaired) electrons. The van der Waals surface area contributed by atoms with Crippen molar-refractivity contribution in [1.82, 2.24) is 24.5 Å². The lowest BCUT2D eigenvalue weighted by molar-refractivity contribution is -0.121. The van der Waals surface area contributed by atoms with Gasteiger partial charge in [-0.1, -0.05) is 13.8 Å². The van der Waals surface area contributed by atoms with Gasteiger partial charge in [0, 0.05) is 36.4 Å². The lowest BCUT2D eigenvalue weighted by Gasteiger charge is -2.08.